The maximum atomic E-state index is 12.3. The number of amides is 2. The minimum atomic E-state index is -0.142. The molecule has 2 amide bonds. The van der Waals surface area contributed by atoms with Crippen LogP contribution in [0.2, 0.25) is 0 Å². The Bertz CT molecular complexity index is 604. The van der Waals surface area contributed by atoms with E-state index in [0.717, 1.165) is 22.0 Å². The van der Waals surface area contributed by atoms with Crippen molar-refractivity contribution in [2.75, 3.05) is 13.6 Å². The van der Waals surface area contributed by atoms with Crippen molar-refractivity contribution in [3.63, 3.8) is 0 Å². The van der Waals surface area contributed by atoms with Crippen molar-refractivity contribution in [2.45, 2.75) is 39.7 Å². The number of thiazole rings is 1. The summed E-state index contributed by atoms with van der Waals surface area (Å²) in [6.45, 7) is 8.35. The van der Waals surface area contributed by atoms with Gasteiger partial charge in [0.1, 0.15) is 5.76 Å². The van der Waals surface area contributed by atoms with Gasteiger partial charge in [0.25, 0.3) is 0 Å². The number of likely N-dealkylation sites (N-methyl/N-ethyl adjacent to an activating group) is 1. The number of rotatable bonds is 5. The molecule has 0 bridgehead atoms. The minimum Gasteiger partial charge on any atom is -0.361 e. The second kappa shape index (κ2) is 6.91. The summed E-state index contributed by atoms with van der Waals surface area (Å²) in [7, 11) is 1.79. The minimum absolute atomic E-state index is 0.115. The molecule has 0 unspecified atom stereocenters. The van der Waals surface area contributed by atoms with Crippen LogP contribution in [0, 0.1) is 13.8 Å². The first-order chi connectivity index (χ1) is 10.4. The normalized spacial score (nSPS) is 13.7. The number of hydrogen-bond donors (Lipinski definition) is 1. The Morgan fingerprint density at radius 1 is 1.45 bits per heavy atom. The molecule has 0 fully saturated rings. The molecule has 0 aliphatic heterocycles. The molecule has 2 aromatic heterocycles. The summed E-state index contributed by atoms with van der Waals surface area (Å²) in [6.07, 6.45) is 1.79. The lowest BCUT2D eigenvalue weighted by atomic mass is 10.1. The van der Waals surface area contributed by atoms with E-state index in [-0.39, 0.29) is 18.0 Å². The van der Waals surface area contributed by atoms with E-state index in [1.54, 1.807) is 29.5 Å². The lowest BCUT2D eigenvalue weighted by molar-refractivity contribution is 0.203. The van der Waals surface area contributed by atoms with Crippen LogP contribution in [0.1, 0.15) is 47.8 Å². The lowest BCUT2D eigenvalue weighted by Crippen LogP contribution is -2.40. The van der Waals surface area contributed by atoms with Gasteiger partial charge < -0.3 is 14.7 Å². The first-order valence-electron chi connectivity index (χ1n) is 7.24. The fourth-order valence-corrected chi connectivity index (χ4v) is 3.22. The van der Waals surface area contributed by atoms with Gasteiger partial charge in [0.05, 0.1) is 16.7 Å². The maximum Gasteiger partial charge on any atom is 0.317 e. The van der Waals surface area contributed by atoms with Gasteiger partial charge in [-0.15, -0.1) is 11.3 Å². The van der Waals surface area contributed by atoms with E-state index in [9.17, 15) is 4.79 Å². The second-order valence-electron chi connectivity index (χ2n) is 5.56. The Balaban J connectivity index is 1.94. The van der Waals surface area contributed by atoms with Crippen LogP contribution in [0.25, 0.3) is 0 Å². The Kier molecular flexibility index (Phi) is 5.18. The second-order valence-corrected chi connectivity index (χ2v) is 6.49. The van der Waals surface area contributed by atoms with Gasteiger partial charge in [-0.3, -0.25) is 0 Å². The molecule has 0 aliphatic carbocycles. The fourth-order valence-electron chi connectivity index (χ4n) is 2.53. The lowest BCUT2D eigenvalue weighted by Gasteiger charge is -2.23. The smallest absolute Gasteiger partial charge is 0.317 e. The average Bonchev–Trinajstić information content (AvgIpc) is 3.08. The van der Waals surface area contributed by atoms with Gasteiger partial charge in [-0.25, -0.2) is 9.78 Å². The summed E-state index contributed by atoms with van der Waals surface area (Å²) in [6, 6.07) is -0.257. The van der Waals surface area contributed by atoms with Crippen molar-refractivity contribution in [1.29, 1.82) is 0 Å². The predicted octanol–water partition coefficient (Wildman–Crippen LogP) is 3.25. The van der Waals surface area contributed by atoms with E-state index in [4.69, 9.17) is 4.52 Å². The molecule has 22 heavy (non-hydrogen) atoms. The monoisotopic (exact) mass is 322 g/mol. The summed E-state index contributed by atoms with van der Waals surface area (Å²) in [5.74, 6) is 0.953. The topological polar surface area (TPSA) is 71.3 Å². The van der Waals surface area contributed by atoms with Gasteiger partial charge in [-0.2, -0.15) is 0 Å². The Hall–Kier alpha value is -1.89. The zero-order valence-corrected chi connectivity index (χ0v) is 14.4. The van der Waals surface area contributed by atoms with Crippen LogP contribution >= 0.6 is 11.3 Å². The standard InChI is InChI=1S/C15H22N4O2S/c1-9(14-16-6-7-22-14)8-19(5)15(20)17-10(2)13-11(3)18-21-12(13)4/h6-7,9-10H,8H2,1-5H3,(H,17,20)/t9-,10+/m1/s1. The third-order valence-electron chi connectivity index (χ3n) is 3.63. The Morgan fingerprint density at radius 3 is 2.73 bits per heavy atom. The Morgan fingerprint density at radius 2 is 2.18 bits per heavy atom. The van der Waals surface area contributed by atoms with Gasteiger partial charge in [0.15, 0.2) is 0 Å². The van der Waals surface area contributed by atoms with Gasteiger partial charge >= 0.3 is 6.03 Å². The first-order valence-corrected chi connectivity index (χ1v) is 8.12. The number of carbonyl (C=O) groups excluding carboxylic acids is 1. The zero-order valence-electron chi connectivity index (χ0n) is 13.6. The molecule has 2 rings (SSSR count). The average molecular weight is 322 g/mol. The zero-order chi connectivity index (χ0) is 16.3. The SMILES string of the molecule is Cc1noc(C)c1[C@H](C)NC(=O)N(C)C[C@@H](C)c1nccs1. The molecule has 0 spiro atoms. The van der Waals surface area contributed by atoms with Crippen molar-refractivity contribution >= 4 is 17.4 Å². The fraction of sp³-hybridized carbons (Fsp3) is 0.533. The molecule has 2 atom stereocenters. The highest BCUT2D eigenvalue weighted by molar-refractivity contribution is 7.09. The van der Waals surface area contributed by atoms with Crippen LogP contribution in [0.15, 0.2) is 16.1 Å². The van der Waals surface area contributed by atoms with Crippen molar-refractivity contribution in [1.82, 2.24) is 20.4 Å². The molecule has 0 saturated heterocycles. The molecule has 0 saturated carbocycles. The third kappa shape index (κ3) is 3.65. The van der Waals surface area contributed by atoms with E-state index in [1.165, 1.54) is 0 Å². The highest BCUT2D eigenvalue weighted by Gasteiger charge is 2.21. The highest BCUT2D eigenvalue weighted by Crippen LogP contribution is 2.22. The van der Waals surface area contributed by atoms with Crippen molar-refractivity contribution in [2.24, 2.45) is 0 Å². The number of carbonyl (C=O) groups is 1. The number of hydrogen-bond acceptors (Lipinski definition) is 5. The third-order valence-corrected chi connectivity index (χ3v) is 4.64. The Labute approximate surface area is 134 Å². The van der Waals surface area contributed by atoms with Crippen LogP contribution in [-0.2, 0) is 0 Å². The molecule has 0 aromatic carbocycles. The van der Waals surface area contributed by atoms with E-state index >= 15 is 0 Å². The summed E-state index contributed by atoms with van der Waals surface area (Å²) in [5, 5.41) is 9.90. The predicted molar refractivity (Wildman–Crippen MR) is 86.1 cm³/mol. The summed E-state index contributed by atoms with van der Waals surface area (Å²) in [4.78, 5) is 18.3. The van der Waals surface area contributed by atoms with Crippen molar-refractivity contribution < 1.29 is 9.32 Å². The summed E-state index contributed by atoms with van der Waals surface area (Å²) < 4.78 is 5.15. The highest BCUT2D eigenvalue weighted by atomic mass is 32.1. The van der Waals surface area contributed by atoms with Crippen molar-refractivity contribution in [3.8, 4) is 0 Å². The molecule has 0 radical (unpaired) electrons. The quantitative estimate of drug-likeness (QED) is 0.917. The van der Waals surface area contributed by atoms with Crippen LogP contribution in [0.5, 0.6) is 0 Å². The van der Waals surface area contributed by atoms with E-state index in [2.05, 4.69) is 22.4 Å². The largest absolute Gasteiger partial charge is 0.361 e. The van der Waals surface area contributed by atoms with Crippen LogP contribution in [0.3, 0.4) is 0 Å². The number of aromatic nitrogens is 2. The number of urea groups is 1. The van der Waals surface area contributed by atoms with Gasteiger partial charge in [0.2, 0.25) is 0 Å². The molecule has 120 valence electrons. The van der Waals surface area contributed by atoms with Crippen molar-refractivity contribution in [3.05, 3.63) is 33.6 Å². The first kappa shape index (κ1) is 16.5. The molecule has 7 heteroatoms. The molecular weight excluding hydrogens is 300 g/mol. The van der Waals surface area contributed by atoms with E-state index in [1.807, 2.05) is 26.2 Å². The summed E-state index contributed by atoms with van der Waals surface area (Å²) >= 11 is 1.61. The van der Waals surface area contributed by atoms with E-state index < -0.39 is 0 Å². The van der Waals surface area contributed by atoms with Gasteiger partial charge in [-0.1, -0.05) is 12.1 Å². The molecule has 6 nitrogen and oxygen atoms in total. The maximum absolute atomic E-state index is 12.3. The van der Waals surface area contributed by atoms with Gasteiger partial charge in [0, 0.05) is 36.7 Å². The summed E-state index contributed by atoms with van der Waals surface area (Å²) in [5.41, 5.74) is 1.75. The van der Waals surface area contributed by atoms with Gasteiger partial charge in [-0.05, 0) is 20.8 Å². The molecule has 2 aromatic rings. The van der Waals surface area contributed by atoms with Crippen LogP contribution < -0.4 is 5.32 Å². The van der Waals surface area contributed by atoms with E-state index in [0.29, 0.717) is 6.54 Å². The molecular formula is C15H22N4O2S. The molecule has 1 N–H and O–H groups in total. The van der Waals surface area contributed by atoms with Crippen LogP contribution in [-0.4, -0.2) is 34.7 Å². The van der Waals surface area contributed by atoms with Crippen LogP contribution in [0.4, 0.5) is 4.79 Å². The number of aryl methyl sites for hydroxylation is 2. The molecule has 0 aliphatic rings. The molecule has 2 heterocycles. The number of nitrogens with zero attached hydrogens (tertiary/aromatic N) is 3. The number of nitrogens with one attached hydrogen (secondary N) is 1.